The van der Waals surface area contributed by atoms with Crippen molar-refractivity contribution in [3.63, 3.8) is 0 Å². The molecule has 1 aliphatic rings. The van der Waals surface area contributed by atoms with Gasteiger partial charge in [0, 0.05) is 42.1 Å². The van der Waals surface area contributed by atoms with Crippen LogP contribution >= 0.6 is 0 Å². The first-order valence-electron chi connectivity index (χ1n) is 10.4. The van der Waals surface area contributed by atoms with Crippen LogP contribution < -0.4 is 4.90 Å². The summed E-state index contributed by atoms with van der Waals surface area (Å²) in [4.78, 5) is 22.7. The maximum Gasteiger partial charge on any atom is 0.198 e. The number of ether oxygens (including phenoxy) is 1. The van der Waals surface area contributed by atoms with Gasteiger partial charge in [0.25, 0.3) is 0 Å². The summed E-state index contributed by atoms with van der Waals surface area (Å²) in [5.41, 5.74) is 4.46. The van der Waals surface area contributed by atoms with E-state index in [2.05, 4.69) is 39.1 Å². The molecule has 5 nitrogen and oxygen atoms in total. The molecule has 0 atom stereocenters. The van der Waals surface area contributed by atoms with E-state index in [1.807, 2.05) is 12.3 Å². The van der Waals surface area contributed by atoms with Gasteiger partial charge in [-0.2, -0.15) is 0 Å². The fraction of sp³-hybridized carbons (Fsp3) is 0.200. The Morgan fingerprint density at radius 3 is 2.58 bits per heavy atom. The van der Waals surface area contributed by atoms with Gasteiger partial charge in [0.2, 0.25) is 0 Å². The van der Waals surface area contributed by atoms with Gasteiger partial charge < -0.3 is 14.6 Å². The standard InChI is InChI=1S/C25H22FN3O2/c26-23-4-2-1-3-20(23)24(30)22-16-28-25-21(22)14-18(15-27-25)13-17-5-7-19(8-6-17)29-9-11-31-12-10-29/h1-8,14-16H,9-13H2,(H,27,28). The minimum atomic E-state index is -0.522. The van der Waals surface area contributed by atoms with E-state index in [0.29, 0.717) is 23.0 Å². The van der Waals surface area contributed by atoms with Gasteiger partial charge in [-0.15, -0.1) is 0 Å². The Bertz CT molecular complexity index is 1230. The molecule has 0 amide bonds. The van der Waals surface area contributed by atoms with Crippen molar-refractivity contribution in [3.8, 4) is 0 Å². The molecule has 2 aromatic heterocycles. The van der Waals surface area contributed by atoms with Crippen molar-refractivity contribution < 1.29 is 13.9 Å². The Labute approximate surface area is 179 Å². The largest absolute Gasteiger partial charge is 0.378 e. The number of pyridine rings is 1. The summed E-state index contributed by atoms with van der Waals surface area (Å²) in [6.07, 6.45) is 4.12. The number of H-pyrrole nitrogens is 1. The lowest BCUT2D eigenvalue weighted by Crippen LogP contribution is -2.36. The molecule has 156 valence electrons. The second kappa shape index (κ2) is 8.32. The second-order valence-corrected chi connectivity index (χ2v) is 7.69. The highest BCUT2D eigenvalue weighted by Gasteiger charge is 2.18. The number of fused-ring (bicyclic) bond motifs is 1. The molecule has 0 unspecified atom stereocenters. The van der Waals surface area contributed by atoms with Gasteiger partial charge in [0.05, 0.1) is 18.8 Å². The monoisotopic (exact) mass is 415 g/mol. The Morgan fingerprint density at radius 2 is 1.81 bits per heavy atom. The van der Waals surface area contributed by atoms with Crippen LogP contribution in [0.5, 0.6) is 0 Å². The van der Waals surface area contributed by atoms with E-state index in [1.165, 1.54) is 17.8 Å². The first kappa shape index (κ1) is 19.5. The minimum absolute atomic E-state index is 0.0625. The highest BCUT2D eigenvalue weighted by Crippen LogP contribution is 2.24. The Kier molecular flexibility index (Phi) is 5.22. The summed E-state index contributed by atoms with van der Waals surface area (Å²) in [7, 11) is 0. The lowest BCUT2D eigenvalue weighted by atomic mass is 10.0. The van der Waals surface area contributed by atoms with E-state index in [1.54, 1.807) is 18.3 Å². The zero-order valence-corrected chi connectivity index (χ0v) is 17.0. The minimum Gasteiger partial charge on any atom is -0.378 e. The lowest BCUT2D eigenvalue weighted by Gasteiger charge is -2.28. The van der Waals surface area contributed by atoms with E-state index in [9.17, 15) is 9.18 Å². The number of morpholine rings is 1. The molecule has 0 spiro atoms. The van der Waals surface area contributed by atoms with Crippen molar-refractivity contribution in [3.05, 3.63) is 95.1 Å². The second-order valence-electron chi connectivity index (χ2n) is 7.69. The summed E-state index contributed by atoms with van der Waals surface area (Å²) in [5.74, 6) is -0.871. The smallest absolute Gasteiger partial charge is 0.198 e. The number of benzene rings is 2. The molecule has 4 aromatic rings. The van der Waals surface area contributed by atoms with Crippen molar-refractivity contribution in [1.82, 2.24) is 9.97 Å². The van der Waals surface area contributed by atoms with Crippen LogP contribution in [0.2, 0.25) is 0 Å². The van der Waals surface area contributed by atoms with E-state index in [4.69, 9.17) is 4.74 Å². The van der Waals surface area contributed by atoms with Crippen LogP contribution in [0.15, 0.2) is 67.0 Å². The third kappa shape index (κ3) is 3.94. The maximum atomic E-state index is 14.1. The van der Waals surface area contributed by atoms with Crippen LogP contribution in [-0.4, -0.2) is 42.1 Å². The van der Waals surface area contributed by atoms with Crippen LogP contribution in [0.4, 0.5) is 10.1 Å². The summed E-state index contributed by atoms with van der Waals surface area (Å²) >= 11 is 0. The number of aromatic nitrogens is 2. The zero-order chi connectivity index (χ0) is 21.2. The van der Waals surface area contributed by atoms with Crippen LogP contribution in [-0.2, 0) is 11.2 Å². The number of halogens is 1. The van der Waals surface area contributed by atoms with Crippen LogP contribution in [0.25, 0.3) is 11.0 Å². The molecule has 1 saturated heterocycles. The van der Waals surface area contributed by atoms with Gasteiger partial charge in [0.1, 0.15) is 11.5 Å². The van der Waals surface area contributed by atoms with Crippen LogP contribution in [0, 0.1) is 5.82 Å². The zero-order valence-electron chi connectivity index (χ0n) is 17.0. The predicted molar refractivity (Wildman–Crippen MR) is 118 cm³/mol. The molecule has 0 saturated carbocycles. The molecule has 0 aliphatic carbocycles. The van der Waals surface area contributed by atoms with E-state index >= 15 is 0 Å². The van der Waals surface area contributed by atoms with Gasteiger partial charge >= 0.3 is 0 Å². The van der Waals surface area contributed by atoms with Crippen molar-refractivity contribution in [2.24, 2.45) is 0 Å². The summed E-state index contributed by atoms with van der Waals surface area (Å²) in [6.45, 7) is 3.34. The number of ketones is 1. The SMILES string of the molecule is O=C(c1ccccc1F)c1c[nH]c2ncc(Cc3ccc(N4CCOCC4)cc3)cc12. The van der Waals surface area contributed by atoms with E-state index < -0.39 is 5.82 Å². The number of carbonyl (C=O) groups is 1. The van der Waals surface area contributed by atoms with E-state index in [-0.39, 0.29) is 11.3 Å². The predicted octanol–water partition coefficient (Wildman–Crippen LogP) is 4.36. The summed E-state index contributed by atoms with van der Waals surface area (Å²) in [6, 6.07) is 16.5. The van der Waals surface area contributed by atoms with Crippen molar-refractivity contribution in [2.75, 3.05) is 31.2 Å². The molecular formula is C25H22FN3O2. The van der Waals surface area contributed by atoms with Crippen molar-refractivity contribution in [1.29, 1.82) is 0 Å². The maximum absolute atomic E-state index is 14.1. The number of anilines is 1. The van der Waals surface area contributed by atoms with E-state index in [0.717, 1.165) is 37.4 Å². The molecular weight excluding hydrogens is 393 g/mol. The highest BCUT2D eigenvalue weighted by molar-refractivity contribution is 6.16. The number of rotatable bonds is 5. The molecule has 0 bridgehead atoms. The van der Waals surface area contributed by atoms with Gasteiger partial charge in [-0.3, -0.25) is 4.79 Å². The Morgan fingerprint density at radius 1 is 1.03 bits per heavy atom. The first-order valence-corrected chi connectivity index (χ1v) is 10.4. The molecule has 2 aromatic carbocycles. The Balaban J connectivity index is 1.39. The van der Waals surface area contributed by atoms with Crippen molar-refractivity contribution >= 4 is 22.5 Å². The quantitative estimate of drug-likeness (QED) is 0.492. The van der Waals surface area contributed by atoms with Crippen LogP contribution in [0.1, 0.15) is 27.0 Å². The summed E-state index contributed by atoms with van der Waals surface area (Å²) < 4.78 is 19.5. The number of hydrogen-bond acceptors (Lipinski definition) is 4. The number of aromatic amines is 1. The average molecular weight is 415 g/mol. The molecule has 6 heteroatoms. The molecule has 1 aliphatic heterocycles. The topological polar surface area (TPSA) is 58.2 Å². The first-order chi connectivity index (χ1) is 15.2. The third-order valence-electron chi connectivity index (χ3n) is 5.67. The third-order valence-corrected chi connectivity index (χ3v) is 5.67. The van der Waals surface area contributed by atoms with Gasteiger partial charge in [-0.05, 0) is 47.9 Å². The molecule has 0 radical (unpaired) electrons. The highest BCUT2D eigenvalue weighted by atomic mass is 19.1. The number of nitrogens with one attached hydrogen (secondary N) is 1. The fourth-order valence-corrected chi connectivity index (χ4v) is 4.00. The van der Waals surface area contributed by atoms with Gasteiger partial charge in [0.15, 0.2) is 5.78 Å². The number of hydrogen-bond donors (Lipinski definition) is 1. The average Bonchev–Trinajstić information content (AvgIpc) is 3.23. The Hall–Kier alpha value is -3.51. The molecule has 1 fully saturated rings. The molecule has 31 heavy (non-hydrogen) atoms. The molecule has 1 N–H and O–H groups in total. The van der Waals surface area contributed by atoms with Crippen molar-refractivity contribution in [2.45, 2.75) is 6.42 Å². The van der Waals surface area contributed by atoms with Gasteiger partial charge in [-0.25, -0.2) is 9.37 Å². The van der Waals surface area contributed by atoms with Gasteiger partial charge in [-0.1, -0.05) is 24.3 Å². The molecule has 3 heterocycles. The normalized spacial score (nSPS) is 14.2. The fourth-order valence-electron chi connectivity index (χ4n) is 4.00. The molecule has 5 rings (SSSR count). The summed E-state index contributed by atoms with van der Waals surface area (Å²) in [5, 5.41) is 0.704. The number of carbonyl (C=O) groups excluding carboxylic acids is 1. The lowest BCUT2D eigenvalue weighted by molar-refractivity contribution is 0.103. The van der Waals surface area contributed by atoms with Crippen LogP contribution in [0.3, 0.4) is 0 Å². The number of nitrogens with zero attached hydrogens (tertiary/aromatic N) is 2.